The lowest BCUT2D eigenvalue weighted by molar-refractivity contribution is -0.136. The molecule has 0 aliphatic carbocycles. The van der Waals surface area contributed by atoms with E-state index in [4.69, 9.17) is 9.73 Å². The number of amides is 1. The number of nitrogens with zero attached hydrogens (tertiary/aromatic N) is 2. The van der Waals surface area contributed by atoms with Gasteiger partial charge < -0.3 is 15.0 Å². The first kappa shape index (κ1) is 24.1. The summed E-state index contributed by atoms with van der Waals surface area (Å²) in [5, 5.41) is 5.74. The molecule has 0 spiro atoms. The van der Waals surface area contributed by atoms with Gasteiger partial charge in [-0.2, -0.15) is 0 Å². The number of hydrogen-bond acceptors (Lipinski definition) is 6. The van der Waals surface area contributed by atoms with Gasteiger partial charge in [-0.05, 0) is 34.8 Å². The van der Waals surface area contributed by atoms with E-state index in [1.165, 1.54) is 24.4 Å². The maximum absolute atomic E-state index is 12.9. The molecule has 3 rings (SSSR count). The molecule has 0 bridgehead atoms. The fourth-order valence-corrected chi connectivity index (χ4v) is 4.77. The largest absolute Gasteiger partial charge is 0.466 e. The van der Waals surface area contributed by atoms with E-state index < -0.39 is 0 Å². The van der Waals surface area contributed by atoms with E-state index in [0.29, 0.717) is 30.4 Å². The number of fused-ring (bicyclic) bond motifs is 1. The van der Waals surface area contributed by atoms with Gasteiger partial charge in [0.15, 0.2) is 5.17 Å². The minimum Gasteiger partial charge on any atom is -0.466 e. The summed E-state index contributed by atoms with van der Waals surface area (Å²) in [6.45, 7) is 11.1. The molecule has 1 aromatic rings. The molecule has 32 heavy (non-hydrogen) atoms. The van der Waals surface area contributed by atoms with Crippen LogP contribution in [0.15, 0.2) is 51.6 Å². The summed E-state index contributed by atoms with van der Waals surface area (Å²) in [5.74, 6) is 0.372. The zero-order valence-electron chi connectivity index (χ0n) is 19.8. The second kappa shape index (κ2) is 10.4. The smallest absolute Gasteiger partial charge is 0.338 e. The molecular formula is C25H33N3O3S. The Morgan fingerprint density at radius 1 is 1.19 bits per heavy atom. The highest BCUT2D eigenvalue weighted by Crippen LogP contribution is 2.45. The fourth-order valence-electron chi connectivity index (χ4n) is 3.84. The molecule has 0 saturated heterocycles. The molecule has 1 unspecified atom stereocenters. The van der Waals surface area contributed by atoms with Gasteiger partial charge in [0.05, 0.1) is 30.8 Å². The van der Waals surface area contributed by atoms with Crippen molar-refractivity contribution >= 4 is 28.8 Å². The Morgan fingerprint density at radius 2 is 1.88 bits per heavy atom. The van der Waals surface area contributed by atoms with E-state index >= 15 is 0 Å². The zero-order valence-corrected chi connectivity index (χ0v) is 20.6. The number of hydrogen-bond donors (Lipinski definition) is 1. The number of carbonyl (C=O) groups excluding carboxylic acids is 2. The Kier molecular flexibility index (Phi) is 7.82. The minimum absolute atomic E-state index is 0.0365. The Morgan fingerprint density at radius 3 is 2.44 bits per heavy atom. The maximum Gasteiger partial charge on any atom is 0.338 e. The SMILES string of the molecule is CCC1=C(C(=O)OC)C(c2ccc(C(C)C)cc2)N2C(CC(=O)NCC(C)C)=CSC2=N1. The molecular weight excluding hydrogens is 422 g/mol. The van der Waals surface area contributed by atoms with Crippen LogP contribution >= 0.6 is 11.8 Å². The fraction of sp³-hybridized carbons (Fsp3) is 0.480. The van der Waals surface area contributed by atoms with Gasteiger partial charge in [0, 0.05) is 12.2 Å². The van der Waals surface area contributed by atoms with Crippen LogP contribution in [0.1, 0.15) is 70.5 Å². The summed E-state index contributed by atoms with van der Waals surface area (Å²) in [4.78, 5) is 32.3. The Labute approximate surface area is 195 Å². The van der Waals surface area contributed by atoms with Crippen LogP contribution in [-0.2, 0) is 14.3 Å². The molecule has 0 saturated carbocycles. The lowest BCUT2D eigenvalue weighted by Crippen LogP contribution is -2.38. The van der Waals surface area contributed by atoms with Gasteiger partial charge >= 0.3 is 5.97 Å². The number of allylic oxidation sites excluding steroid dienone is 1. The van der Waals surface area contributed by atoms with E-state index in [1.807, 2.05) is 17.2 Å². The number of amidine groups is 1. The van der Waals surface area contributed by atoms with Gasteiger partial charge in [-0.15, -0.1) is 0 Å². The summed E-state index contributed by atoms with van der Waals surface area (Å²) in [7, 11) is 1.40. The van der Waals surface area contributed by atoms with Crippen molar-refractivity contribution < 1.29 is 14.3 Å². The van der Waals surface area contributed by atoms with E-state index in [2.05, 4.69) is 57.3 Å². The minimum atomic E-state index is -0.386. The molecule has 1 atom stereocenters. The van der Waals surface area contributed by atoms with Crippen molar-refractivity contribution in [1.82, 2.24) is 10.2 Å². The summed E-state index contributed by atoms with van der Waals surface area (Å²) < 4.78 is 5.17. The normalized spacial score (nSPS) is 18.0. The van der Waals surface area contributed by atoms with Gasteiger partial charge in [-0.25, -0.2) is 9.79 Å². The van der Waals surface area contributed by atoms with E-state index in [9.17, 15) is 9.59 Å². The van der Waals surface area contributed by atoms with Crippen molar-refractivity contribution in [3.63, 3.8) is 0 Å². The van der Waals surface area contributed by atoms with E-state index in [-0.39, 0.29) is 24.3 Å². The van der Waals surface area contributed by atoms with Crippen molar-refractivity contribution in [2.24, 2.45) is 10.9 Å². The van der Waals surface area contributed by atoms with Crippen molar-refractivity contribution in [2.75, 3.05) is 13.7 Å². The number of benzene rings is 1. The van der Waals surface area contributed by atoms with Crippen LogP contribution in [0.25, 0.3) is 0 Å². The second-order valence-electron chi connectivity index (χ2n) is 8.80. The molecule has 1 N–H and O–H groups in total. The lowest BCUT2D eigenvalue weighted by Gasteiger charge is -2.36. The number of thioether (sulfide) groups is 1. The second-order valence-corrected chi connectivity index (χ2v) is 9.63. The first-order chi connectivity index (χ1) is 15.3. The number of methoxy groups -OCH3 is 1. The molecule has 2 aliphatic rings. The average molecular weight is 456 g/mol. The molecule has 0 aromatic heterocycles. The Bertz CT molecular complexity index is 961. The number of nitrogens with one attached hydrogen (secondary N) is 1. The molecule has 172 valence electrons. The van der Waals surface area contributed by atoms with Gasteiger partial charge in [0.1, 0.15) is 0 Å². The van der Waals surface area contributed by atoms with Crippen LogP contribution in [0.2, 0.25) is 0 Å². The molecule has 7 heteroatoms. The van der Waals surface area contributed by atoms with Crippen LogP contribution in [0.5, 0.6) is 0 Å². The van der Waals surface area contributed by atoms with Crippen LogP contribution in [0.4, 0.5) is 0 Å². The molecule has 0 fully saturated rings. The number of aliphatic imine (C=N–C) groups is 1. The predicted molar refractivity (Wildman–Crippen MR) is 130 cm³/mol. The monoisotopic (exact) mass is 455 g/mol. The summed E-state index contributed by atoms with van der Waals surface area (Å²) in [6.07, 6.45) is 0.850. The highest BCUT2D eigenvalue weighted by molar-refractivity contribution is 8.16. The molecule has 6 nitrogen and oxygen atoms in total. The highest BCUT2D eigenvalue weighted by atomic mass is 32.2. The quantitative estimate of drug-likeness (QED) is 0.552. The molecule has 1 amide bonds. The maximum atomic E-state index is 12.9. The van der Waals surface area contributed by atoms with Crippen molar-refractivity contribution in [3.05, 3.63) is 57.8 Å². The third kappa shape index (κ3) is 5.09. The van der Waals surface area contributed by atoms with Crippen molar-refractivity contribution in [1.29, 1.82) is 0 Å². The summed E-state index contributed by atoms with van der Waals surface area (Å²) in [5.41, 5.74) is 4.31. The third-order valence-electron chi connectivity index (χ3n) is 5.60. The van der Waals surface area contributed by atoms with Crippen molar-refractivity contribution in [3.8, 4) is 0 Å². The molecule has 2 aliphatic heterocycles. The highest BCUT2D eigenvalue weighted by Gasteiger charge is 2.41. The Balaban J connectivity index is 2.01. The zero-order chi connectivity index (χ0) is 23.4. The van der Waals surface area contributed by atoms with Gasteiger partial charge in [-0.3, -0.25) is 4.79 Å². The Hall–Kier alpha value is -2.54. The third-order valence-corrected chi connectivity index (χ3v) is 6.49. The lowest BCUT2D eigenvalue weighted by atomic mass is 9.91. The van der Waals surface area contributed by atoms with Crippen LogP contribution in [-0.4, -0.2) is 35.6 Å². The van der Waals surface area contributed by atoms with E-state index in [1.54, 1.807) is 0 Å². The number of rotatable bonds is 8. The molecule has 2 heterocycles. The van der Waals surface area contributed by atoms with E-state index in [0.717, 1.165) is 22.1 Å². The molecule has 1 aromatic carbocycles. The number of ether oxygens (including phenoxy) is 1. The van der Waals surface area contributed by atoms with Crippen LogP contribution < -0.4 is 5.32 Å². The average Bonchev–Trinajstić information content (AvgIpc) is 3.18. The molecule has 0 radical (unpaired) electrons. The number of esters is 1. The summed E-state index contributed by atoms with van der Waals surface area (Å²) >= 11 is 1.50. The van der Waals surface area contributed by atoms with Gasteiger partial charge in [0.2, 0.25) is 5.91 Å². The number of carbonyl (C=O) groups is 2. The standard InChI is InChI=1S/C25H33N3O3S/c1-7-20-22(24(30)31-6)23(18-10-8-17(9-11-18)16(4)5)28-19(14-32-25(28)27-20)12-21(29)26-13-15(2)3/h8-11,14-16,23H,7,12-13H2,1-6H3,(H,26,29). The summed E-state index contributed by atoms with van der Waals surface area (Å²) in [6, 6.07) is 7.96. The first-order valence-electron chi connectivity index (χ1n) is 11.2. The predicted octanol–water partition coefficient (Wildman–Crippen LogP) is 5.11. The topological polar surface area (TPSA) is 71.0 Å². The van der Waals surface area contributed by atoms with Crippen LogP contribution in [0, 0.1) is 5.92 Å². The van der Waals surface area contributed by atoms with Crippen LogP contribution in [0.3, 0.4) is 0 Å². The van der Waals surface area contributed by atoms with Crippen molar-refractivity contribution in [2.45, 2.75) is 59.4 Å². The van der Waals surface area contributed by atoms with Gasteiger partial charge in [0.25, 0.3) is 0 Å². The van der Waals surface area contributed by atoms with Gasteiger partial charge in [-0.1, -0.05) is 70.6 Å². The first-order valence-corrected chi connectivity index (χ1v) is 12.1.